The molecule has 0 unspecified atom stereocenters. The number of benzene rings is 1. The number of aliphatic hydroxyl groups excluding tert-OH is 1. The van der Waals surface area contributed by atoms with Gasteiger partial charge in [-0.1, -0.05) is 12.1 Å². The van der Waals surface area contributed by atoms with E-state index in [1.165, 1.54) is 18.8 Å². The van der Waals surface area contributed by atoms with Crippen LogP contribution in [-0.4, -0.2) is 53.2 Å². The standard InChI is InChI=1S/C23H25N5O6S/c1-14-7-5-8-16(24-14)17(29)13-35(30,31)27-23-26-25-22(20-12-11-15(2)34-20)28(23)21-18(32-3)9-6-10-19(21)33-4/h5-12,17,29H,13H2,1-4H3,(H,26,27)/t17-/m0/s1. The summed E-state index contributed by atoms with van der Waals surface area (Å²) in [5.74, 6) is 1.21. The van der Waals surface area contributed by atoms with Gasteiger partial charge in [0.05, 0.1) is 19.9 Å². The summed E-state index contributed by atoms with van der Waals surface area (Å²) in [4.78, 5) is 4.20. The third-order valence-electron chi connectivity index (χ3n) is 5.12. The van der Waals surface area contributed by atoms with E-state index in [-0.39, 0.29) is 17.5 Å². The topological polar surface area (TPSA) is 142 Å². The van der Waals surface area contributed by atoms with E-state index in [2.05, 4.69) is 19.9 Å². The van der Waals surface area contributed by atoms with Crippen LogP contribution in [0.3, 0.4) is 0 Å². The van der Waals surface area contributed by atoms with Crippen molar-refractivity contribution in [2.75, 3.05) is 24.7 Å². The maximum absolute atomic E-state index is 13.0. The summed E-state index contributed by atoms with van der Waals surface area (Å²) in [6, 6.07) is 13.6. The molecule has 0 spiro atoms. The van der Waals surface area contributed by atoms with Gasteiger partial charge in [-0.2, -0.15) is 0 Å². The molecule has 1 atom stereocenters. The Morgan fingerprint density at radius 2 is 1.71 bits per heavy atom. The molecule has 0 aliphatic heterocycles. The second-order valence-electron chi connectivity index (χ2n) is 7.71. The maximum atomic E-state index is 13.0. The van der Waals surface area contributed by atoms with Crippen molar-refractivity contribution in [1.82, 2.24) is 19.7 Å². The van der Waals surface area contributed by atoms with E-state index in [0.717, 1.165) is 0 Å². The van der Waals surface area contributed by atoms with Crippen molar-refractivity contribution in [1.29, 1.82) is 0 Å². The fourth-order valence-corrected chi connectivity index (χ4v) is 4.63. The number of ether oxygens (including phenoxy) is 2. The van der Waals surface area contributed by atoms with Crippen LogP contribution in [-0.2, 0) is 10.0 Å². The minimum Gasteiger partial charge on any atom is -0.494 e. The first-order valence-electron chi connectivity index (χ1n) is 10.6. The van der Waals surface area contributed by atoms with Gasteiger partial charge in [0.15, 0.2) is 5.76 Å². The number of sulfonamides is 1. The molecule has 3 aromatic heterocycles. The summed E-state index contributed by atoms with van der Waals surface area (Å²) >= 11 is 0. The van der Waals surface area contributed by atoms with Gasteiger partial charge in [0.2, 0.25) is 21.8 Å². The van der Waals surface area contributed by atoms with Gasteiger partial charge in [0.1, 0.15) is 34.8 Å². The lowest BCUT2D eigenvalue weighted by Crippen LogP contribution is -2.24. The van der Waals surface area contributed by atoms with Crippen molar-refractivity contribution >= 4 is 16.0 Å². The number of aliphatic hydroxyl groups is 1. The number of para-hydroxylation sites is 1. The Labute approximate surface area is 202 Å². The van der Waals surface area contributed by atoms with E-state index in [4.69, 9.17) is 13.9 Å². The lowest BCUT2D eigenvalue weighted by Gasteiger charge is -2.17. The van der Waals surface area contributed by atoms with Crippen LogP contribution >= 0.6 is 0 Å². The van der Waals surface area contributed by atoms with Gasteiger partial charge in [0.25, 0.3) is 0 Å². The molecular weight excluding hydrogens is 474 g/mol. The molecule has 0 saturated heterocycles. The Kier molecular flexibility index (Phi) is 6.76. The zero-order valence-corrected chi connectivity index (χ0v) is 20.4. The number of hydrogen-bond donors (Lipinski definition) is 2. The van der Waals surface area contributed by atoms with Crippen LogP contribution in [0.5, 0.6) is 11.5 Å². The van der Waals surface area contributed by atoms with E-state index < -0.39 is 21.9 Å². The number of furan rings is 1. The van der Waals surface area contributed by atoms with Crippen molar-refractivity contribution in [3.63, 3.8) is 0 Å². The minimum atomic E-state index is -4.10. The van der Waals surface area contributed by atoms with E-state index in [9.17, 15) is 13.5 Å². The first-order chi connectivity index (χ1) is 16.7. The van der Waals surface area contributed by atoms with Gasteiger partial charge in [-0.15, -0.1) is 10.2 Å². The average Bonchev–Trinajstić information content (AvgIpc) is 3.43. The zero-order valence-electron chi connectivity index (χ0n) is 19.6. The lowest BCUT2D eigenvalue weighted by atomic mass is 10.2. The SMILES string of the molecule is COc1cccc(OC)c1-n1c(NS(=O)(=O)C[C@H](O)c2cccc(C)n2)nnc1-c1ccc(C)o1. The van der Waals surface area contributed by atoms with Gasteiger partial charge < -0.3 is 19.0 Å². The molecule has 12 heteroatoms. The van der Waals surface area contributed by atoms with Crippen LogP contribution < -0.4 is 14.2 Å². The second kappa shape index (κ2) is 9.76. The van der Waals surface area contributed by atoms with Crippen LogP contribution in [0.1, 0.15) is 23.3 Å². The molecule has 0 bridgehead atoms. The zero-order chi connectivity index (χ0) is 25.2. The summed E-state index contributed by atoms with van der Waals surface area (Å²) in [5, 5.41) is 18.7. The lowest BCUT2D eigenvalue weighted by molar-refractivity contribution is 0.196. The molecule has 1 aromatic carbocycles. The van der Waals surface area contributed by atoms with Crippen LogP contribution in [0.4, 0.5) is 5.95 Å². The molecule has 0 saturated carbocycles. The number of nitrogens with zero attached hydrogens (tertiary/aromatic N) is 4. The van der Waals surface area contributed by atoms with Crippen molar-refractivity contribution in [3.05, 3.63) is 65.7 Å². The van der Waals surface area contributed by atoms with Gasteiger partial charge in [-0.05, 0) is 50.2 Å². The molecule has 0 aliphatic carbocycles. The number of methoxy groups -OCH3 is 2. The highest BCUT2D eigenvalue weighted by Crippen LogP contribution is 2.38. The Bertz CT molecular complexity index is 1420. The number of pyridine rings is 1. The predicted octanol–water partition coefficient (Wildman–Crippen LogP) is 3.03. The van der Waals surface area contributed by atoms with Gasteiger partial charge in [0, 0.05) is 5.69 Å². The molecule has 0 fully saturated rings. The fraction of sp³-hybridized carbons (Fsp3) is 0.261. The first-order valence-corrected chi connectivity index (χ1v) is 12.2. The molecular formula is C23H25N5O6S. The van der Waals surface area contributed by atoms with E-state index in [1.807, 2.05) is 0 Å². The molecule has 184 valence electrons. The summed E-state index contributed by atoms with van der Waals surface area (Å²) in [6.07, 6.45) is -1.35. The van der Waals surface area contributed by atoms with E-state index in [1.54, 1.807) is 62.4 Å². The highest BCUT2D eigenvalue weighted by molar-refractivity contribution is 7.92. The van der Waals surface area contributed by atoms with Gasteiger partial charge in [-0.25, -0.2) is 8.42 Å². The number of nitrogens with one attached hydrogen (secondary N) is 1. The number of aromatic nitrogens is 4. The third kappa shape index (κ3) is 5.12. The number of hydrogen-bond acceptors (Lipinski definition) is 9. The first kappa shape index (κ1) is 24.2. The van der Waals surface area contributed by atoms with Crippen molar-refractivity contribution in [2.45, 2.75) is 20.0 Å². The molecule has 4 aromatic rings. The monoisotopic (exact) mass is 499 g/mol. The summed E-state index contributed by atoms with van der Waals surface area (Å²) < 4.78 is 46.7. The van der Waals surface area contributed by atoms with Gasteiger partial charge >= 0.3 is 0 Å². The Balaban J connectivity index is 1.78. The van der Waals surface area contributed by atoms with Crippen LogP contribution in [0, 0.1) is 13.8 Å². The van der Waals surface area contributed by atoms with Crippen molar-refractivity contribution < 1.29 is 27.4 Å². The average molecular weight is 500 g/mol. The van der Waals surface area contributed by atoms with Crippen molar-refractivity contribution in [2.24, 2.45) is 0 Å². The minimum absolute atomic E-state index is 0.138. The molecule has 3 heterocycles. The molecule has 4 rings (SSSR count). The smallest absolute Gasteiger partial charge is 0.243 e. The molecule has 0 aliphatic rings. The second-order valence-corrected chi connectivity index (χ2v) is 9.47. The summed E-state index contributed by atoms with van der Waals surface area (Å²) in [6.45, 7) is 3.53. The third-order valence-corrected chi connectivity index (χ3v) is 6.37. The van der Waals surface area contributed by atoms with Crippen LogP contribution in [0.2, 0.25) is 0 Å². The highest BCUT2D eigenvalue weighted by Gasteiger charge is 2.28. The molecule has 0 radical (unpaired) electrons. The van der Waals surface area contributed by atoms with Crippen molar-refractivity contribution in [3.8, 4) is 28.8 Å². The number of anilines is 1. The molecule has 2 N–H and O–H groups in total. The summed E-state index contributed by atoms with van der Waals surface area (Å²) in [5.41, 5.74) is 1.27. The molecule has 0 amide bonds. The predicted molar refractivity (Wildman–Crippen MR) is 128 cm³/mol. The number of rotatable bonds is 9. The normalized spacial score (nSPS) is 12.4. The molecule has 11 nitrogen and oxygen atoms in total. The van der Waals surface area contributed by atoms with E-state index >= 15 is 0 Å². The Morgan fingerprint density at radius 1 is 1.03 bits per heavy atom. The maximum Gasteiger partial charge on any atom is 0.243 e. The van der Waals surface area contributed by atoms with Crippen LogP contribution in [0.15, 0.2) is 52.9 Å². The summed E-state index contributed by atoms with van der Waals surface area (Å²) in [7, 11) is -1.14. The fourth-order valence-electron chi connectivity index (χ4n) is 3.55. The van der Waals surface area contributed by atoms with Crippen LogP contribution in [0.25, 0.3) is 17.3 Å². The highest BCUT2D eigenvalue weighted by atomic mass is 32.2. The van der Waals surface area contributed by atoms with Gasteiger partial charge in [-0.3, -0.25) is 14.3 Å². The molecule has 35 heavy (non-hydrogen) atoms. The van der Waals surface area contributed by atoms with E-state index in [0.29, 0.717) is 34.4 Å². The number of aryl methyl sites for hydroxylation is 2. The Hall–Kier alpha value is -3.90. The largest absolute Gasteiger partial charge is 0.494 e. The Morgan fingerprint density at radius 3 is 2.31 bits per heavy atom. The quantitative estimate of drug-likeness (QED) is 0.355.